The van der Waals surface area contributed by atoms with Crippen LogP contribution in [-0.2, 0) is 0 Å². The molecule has 1 aromatic carbocycles. The highest BCUT2D eigenvalue weighted by atomic mass is 19.1. The van der Waals surface area contributed by atoms with Crippen LogP contribution in [-0.4, -0.2) is 4.92 Å². The third-order valence-electron chi connectivity index (χ3n) is 1.75. The van der Waals surface area contributed by atoms with E-state index in [1.807, 2.05) is 0 Å². The second-order valence-corrected chi connectivity index (χ2v) is 2.71. The second kappa shape index (κ2) is 3.87. The summed E-state index contributed by atoms with van der Waals surface area (Å²) in [5.74, 6) is 0. The predicted octanol–water partition coefficient (Wildman–Crippen LogP) is 2.37. The number of nitro groups is 1. The van der Waals surface area contributed by atoms with Gasteiger partial charge in [-0.15, -0.1) is 0 Å². The minimum atomic E-state index is -1.57. The van der Waals surface area contributed by atoms with Gasteiger partial charge >= 0.3 is 0 Å². The first kappa shape index (κ1) is 10.2. The Kier molecular flexibility index (Phi) is 2.81. The average molecular weight is 196 g/mol. The Morgan fingerprint density at radius 3 is 2.79 bits per heavy atom. The molecule has 0 bridgehead atoms. The fraction of sp³-hybridized carbons (Fsp3) is 0.111. The number of alkyl halides is 1. The summed E-state index contributed by atoms with van der Waals surface area (Å²) in [7, 11) is 0. The number of nitrogen functional groups attached to an aromatic ring is 1. The molecule has 0 aromatic heterocycles. The van der Waals surface area contributed by atoms with Gasteiger partial charge in [-0.1, -0.05) is 12.7 Å². The van der Waals surface area contributed by atoms with Gasteiger partial charge in [0, 0.05) is 11.8 Å². The number of anilines is 1. The Balaban J connectivity index is 3.29. The molecule has 5 heteroatoms. The average Bonchev–Trinajstić information content (AvgIpc) is 2.16. The first-order valence-corrected chi connectivity index (χ1v) is 3.86. The van der Waals surface area contributed by atoms with Crippen molar-refractivity contribution in [2.45, 2.75) is 6.17 Å². The molecule has 2 N–H and O–H groups in total. The molecule has 4 nitrogen and oxygen atoms in total. The van der Waals surface area contributed by atoms with Gasteiger partial charge in [0.25, 0.3) is 5.69 Å². The molecule has 1 unspecified atom stereocenters. The highest BCUT2D eigenvalue weighted by Gasteiger charge is 2.19. The number of nitrogens with two attached hydrogens (primary N) is 1. The van der Waals surface area contributed by atoms with Crippen LogP contribution < -0.4 is 5.73 Å². The molecule has 1 aromatic rings. The zero-order chi connectivity index (χ0) is 10.7. The predicted molar refractivity (Wildman–Crippen MR) is 51.6 cm³/mol. The van der Waals surface area contributed by atoms with Gasteiger partial charge < -0.3 is 5.73 Å². The van der Waals surface area contributed by atoms with Crippen molar-refractivity contribution in [2.75, 3.05) is 5.73 Å². The van der Waals surface area contributed by atoms with Crippen LogP contribution in [0.2, 0.25) is 0 Å². The molecule has 14 heavy (non-hydrogen) atoms. The number of allylic oxidation sites excluding steroid dienone is 1. The van der Waals surface area contributed by atoms with Gasteiger partial charge in [0.05, 0.1) is 10.5 Å². The standard InChI is InChI=1S/C9H9FN2O2/c1-2-8(10)7-5-6(11)3-4-9(7)12(13)14/h2-5,8H,1,11H2. The van der Waals surface area contributed by atoms with Gasteiger partial charge in [-0.3, -0.25) is 10.1 Å². The van der Waals surface area contributed by atoms with Gasteiger partial charge in [0.2, 0.25) is 0 Å². The smallest absolute Gasteiger partial charge is 0.276 e. The van der Waals surface area contributed by atoms with E-state index in [1.165, 1.54) is 18.2 Å². The summed E-state index contributed by atoms with van der Waals surface area (Å²) < 4.78 is 13.2. The zero-order valence-corrected chi connectivity index (χ0v) is 7.31. The van der Waals surface area contributed by atoms with E-state index in [0.717, 1.165) is 6.08 Å². The molecule has 74 valence electrons. The number of nitro benzene ring substituents is 1. The molecule has 0 saturated carbocycles. The van der Waals surface area contributed by atoms with Crippen LogP contribution in [0.4, 0.5) is 15.8 Å². The van der Waals surface area contributed by atoms with Crippen molar-refractivity contribution in [1.82, 2.24) is 0 Å². The summed E-state index contributed by atoms with van der Waals surface area (Å²) in [5, 5.41) is 10.5. The van der Waals surface area contributed by atoms with Crippen LogP contribution in [0.25, 0.3) is 0 Å². The number of hydrogen-bond acceptors (Lipinski definition) is 3. The summed E-state index contributed by atoms with van der Waals surface area (Å²) in [5.41, 5.74) is 5.33. The highest BCUT2D eigenvalue weighted by molar-refractivity contribution is 5.53. The van der Waals surface area contributed by atoms with Crippen molar-refractivity contribution < 1.29 is 9.31 Å². The van der Waals surface area contributed by atoms with Gasteiger partial charge in [0.15, 0.2) is 0 Å². The van der Waals surface area contributed by atoms with Crippen LogP contribution in [0.3, 0.4) is 0 Å². The molecule has 0 radical (unpaired) electrons. The molecule has 0 aliphatic rings. The zero-order valence-electron chi connectivity index (χ0n) is 7.31. The van der Waals surface area contributed by atoms with Gasteiger partial charge in [0.1, 0.15) is 6.17 Å². The minimum absolute atomic E-state index is 0.0648. The number of halogens is 1. The lowest BCUT2D eigenvalue weighted by Gasteiger charge is -2.04. The third kappa shape index (κ3) is 1.87. The SMILES string of the molecule is C=CC(F)c1cc(N)ccc1[N+](=O)[O-]. The monoisotopic (exact) mass is 196 g/mol. The van der Waals surface area contributed by atoms with E-state index in [1.54, 1.807) is 0 Å². The van der Waals surface area contributed by atoms with Crippen molar-refractivity contribution >= 4 is 11.4 Å². The molecule has 1 rings (SSSR count). The lowest BCUT2D eigenvalue weighted by molar-refractivity contribution is -0.385. The number of nitrogens with zero attached hydrogens (tertiary/aromatic N) is 1. The largest absolute Gasteiger partial charge is 0.399 e. The van der Waals surface area contributed by atoms with E-state index in [2.05, 4.69) is 6.58 Å². The quantitative estimate of drug-likeness (QED) is 0.349. The van der Waals surface area contributed by atoms with Crippen LogP contribution in [0.15, 0.2) is 30.9 Å². The normalized spacial score (nSPS) is 12.1. The minimum Gasteiger partial charge on any atom is -0.399 e. The third-order valence-corrected chi connectivity index (χ3v) is 1.75. The maximum Gasteiger partial charge on any atom is 0.276 e. The molecule has 0 saturated heterocycles. The molecule has 0 aliphatic heterocycles. The van der Waals surface area contributed by atoms with Crippen molar-refractivity contribution in [2.24, 2.45) is 0 Å². The molecule has 0 aliphatic carbocycles. The molecular weight excluding hydrogens is 187 g/mol. The van der Waals surface area contributed by atoms with Crippen LogP contribution in [0.5, 0.6) is 0 Å². The van der Waals surface area contributed by atoms with Gasteiger partial charge in [-0.25, -0.2) is 4.39 Å². The number of rotatable bonds is 3. The Hall–Kier alpha value is -1.91. The Labute approximate surface area is 80.0 Å². The van der Waals surface area contributed by atoms with E-state index in [-0.39, 0.29) is 16.9 Å². The molecule has 0 heterocycles. The maximum absolute atomic E-state index is 13.2. The van der Waals surface area contributed by atoms with Crippen LogP contribution >= 0.6 is 0 Å². The van der Waals surface area contributed by atoms with Crippen molar-refractivity contribution in [1.29, 1.82) is 0 Å². The first-order chi connectivity index (χ1) is 6.56. The van der Waals surface area contributed by atoms with E-state index in [9.17, 15) is 14.5 Å². The van der Waals surface area contributed by atoms with Crippen LogP contribution in [0, 0.1) is 10.1 Å². The van der Waals surface area contributed by atoms with Gasteiger partial charge in [-0.2, -0.15) is 0 Å². The van der Waals surface area contributed by atoms with E-state index in [0.29, 0.717) is 0 Å². The highest BCUT2D eigenvalue weighted by Crippen LogP contribution is 2.29. The molecule has 1 atom stereocenters. The van der Waals surface area contributed by atoms with Gasteiger partial charge in [-0.05, 0) is 12.1 Å². The Morgan fingerprint density at radius 2 is 2.29 bits per heavy atom. The fourth-order valence-corrected chi connectivity index (χ4v) is 1.09. The fourth-order valence-electron chi connectivity index (χ4n) is 1.09. The van der Waals surface area contributed by atoms with E-state index in [4.69, 9.17) is 5.73 Å². The Morgan fingerprint density at radius 1 is 1.64 bits per heavy atom. The van der Waals surface area contributed by atoms with E-state index < -0.39 is 11.1 Å². The maximum atomic E-state index is 13.2. The van der Waals surface area contributed by atoms with Crippen molar-refractivity contribution in [3.05, 3.63) is 46.5 Å². The second-order valence-electron chi connectivity index (χ2n) is 2.71. The summed E-state index contributed by atoms with van der Waals surface area (Å²) >= 11 is 0. The molecule has 0 amide bonds. The van der Waals surface area contributed by atoms with E-state index >= 15 is 0 Å². The van der Waals surface area contributed by atoms with Crippen LogP contribution in [0.1, 0.15) is 11.7 Å². The summed E-state index contributed by atoms with van der Waals surface area (Å²) in [6.07, 6.45) is -0.583. The summed E-state index contributed by atoms with van der Waals surface area (Å²) in [6, 6.07) is 3.78. The van der Waals surface area contributed by atoms with Crippen molar-refractivity contribution in [3.8, 4) is 0 Å². The number of benzene rings is 1. The topological polar surface area (TPSA) is 69.2 Å². The molecule has 0 spiro atoms. The summed E-state index contributed by atoms with van der Waals surface area (Å²) in [6.45, 7) is 3.23. The molecule has 0 fully saturated rings. The van der Waals surface area contributed by atoms with Crippen molar-refractivity contribution in [3.63, 3.8) is 0 Å². The lowest BCUT2D eigenvalue weighted by atomic mass is 10.1. The summed E-state index contributed by atoms with van der Waals surface area (Å²) in [4.78, 5) is 9.87. The lowest BCUT2D eigenvalue weighted by Crippen LogP contribution is -1.98. The number of hydrogen-bond donors (Lipinski definition) is 1. The Bertz CT molecular complexity index is 379. The first-order valence-electron chi connectivity index (χ1n) is 3.86. The molecular formula is C9H9FN2O2.